The monoisotopic (exact) mass is 315 g/mol. The molecule has 2 atom stereocenters. The summed E-state index contributed by atoms with van der Waals surface area (Å²) < 4.78 is 5.88. The highest BCUT2D eigenvalue weighted by molar-refractivity contribution is 5.74. The van der Waals surface area contributed by atoms with E-state index in [2.05, 4.69) is 45.7 Å². The maximum absolute atomic E-state index is 11.8. The van der Waals surface area contributed by atoms with E-state index >= 15 is 0 Å². The van der Waals surface area contributed by atoms with E-state index in [-0.39, 0.29) is 24.7 Å². The summed E-state index contributed by atoms with van der Waals surface area (Å²) in [7, 11) is 0. The molecule has 23 heavy (non-hydrogen) atoms. The van der Waals surface area contributed by atoms with Gasteiger partial charge in [-0.25, -0.2) is 4.79 Å². The van der Waals surface area contributed by atoms with E-state index < -0.39 is 0 Å². The molecular weight excluding hydrogens is 290 g/mol. The normalized spacial score (nSPS) is 19.6. The number of ether oxygens (including phenoxy) is 1. The Bertz CT molecular complexity index is 527. The number of hydrogen-bond acceptors (Lipinski definition) is 3. The van der Waals surface area contributed by atoms with Crippen LogP contribution >= 0.6 is 0 Å². The molecule has 0 spiro atoms. The van der Waals surface area contributed by atoms with Gasteiger partial charge < -0.3 is 15.4 Å². The van der Waals surface area contributed by atoms with E-state index in [1.165, 1.54) is 5.56 Å². The molecule has 1 fully saturated rings. The van der Waals surface area contributed by atoms with Gasteiger partial charge in [-0.05, 0) is 12.0 Å². The number of nitrogens with one attached hydrogen (secondary N) is 2. The van der Waals surface area contributed by atoms with Crippen molar-refractivity contribution in [3.05, 3.63) is 35.9 Å². The van der Waals surface area contributed by atoms with Crippen LogP contribution in [0.15, 0.2) is 30.3 Å². The SMILES string of the molecule is C#CCNC(=O)N[C@@H](CC)[C@@H]1CN(Cc2ccccc2)CCO1. The summed E-state index contributed by atoms with van der Waals surface area (Å²) in [5.41, 5.74) is 1.29. The summed E-state index contributed by atoms with van der Waals surface area (Å²) in [5.74, 6) is 2.39. The number of terminal acetylenes is 1. The number of morpholine rings is 1. The first-order valence-electron chi connectivity index (χ1n) is 8.08. The quantitative estimate of drug-likeness (QED) is 0.784. The minimum Gasteiger partial charge on any atom is -0.373 e. The predicted octanol–water partition coefficient (Wildman–Crippen LogP) is 1.60. The molecule has 0 bridgehead atoms. The lowest BCUT2D eigenvalue weighted by atomic mass is 10.1. The fraction of sp³-hybridized carbons (Fsp3) is 0.500. The van der Waals surface area contributed by atoms with Crippen molar-refractivity contribution in [2.75, 3.05) is 26.2 Å². The van der Waals surface area contributed by atoms with Crippen LogP contribution in [0.3, 0.4) is 0 Å². The average molecular weight is 315 g/mol. The number of nitrogens with zero attached hydrogens (tertiary/aromatic N) is 1. The standard InChI is InChI=1S/C18H25N3O2/c1-3-10-19-18(22)20-16(4-2)17-14-21(11-12-23-17)13-15-8-6-5-7-9-15/h1,5-9,16-17H,4,10-14H2,2H3,(H2,19,20,22)/t16-,17-/m0/s1. The molecule has 0 aromatic heterocycles. The number of carbonyl (C=O) groups is 1. The molecule has 1 saturated heterocycles. The minimum atomic E-state index is -0.237. The predicted molar refractivity (Wildman–Crippen MR) is 90.9 cm³/mol. The second kappa shape index (κ2) is 9.19. The minimum absolute atomic E-state index is 0.00551. The number of hydrogen-bond donors (Lipinski definition) is 2. The third-order valence-corrected chi connectivity index (χ3v) is 3.98. The van der Waals surface area contributed by atoms with E-state index in [0.717, 1.165) is 26.1 Å². The van der Waals surface area contributed by atoms with Crippen molar-refractivity contribution < 1.29 is 9.53 Å². The van der Waals surface area contributed by atoms with E-state index in [1.54, 1.807) is 0 Å². The highest BCUT2D eigenvalue weighted by Crippen LogP contribution is 2.14. The van der Waals surface area contributed by atoms with Crippen LogP contribution < -0.4 is 10.6 Å². The zero-order valence-corrected chi connectivity index (χ0v) is 13.6. The highest BCUT2D eigenvalue weighted by atomic mass is 16.5. The van der Waals surface area contributed by atoms with Gasteiger partial charge in [0.1, 0.15) is 0 Å². The van der Waals surface area contributed by atoms with Crippen molar-refractivity contribution >= 4 is 6.03 Å². The highest BCUT2D eigenvalue weighted by Gasteiger charge is 2.28. The van der Waals surface area contributed by atoms with Crippen molar-refractivity contribution in [3.8, 4) is 12.3 Å². The fourth-order valence-electron chi connectivity index (χ4n) is 2.77. The van der Waals surface area contributed by atoms with E-state index in [9.17, 15) is 4.79 Å². The molecule has 5 nitrogen and oxygen atoms in total. The number of rotatable bonds is 6. The molecular formula is C18H25N3O2. The summed E-state index contributed by atoms with van der Waals surface area (Å²) in [6.45, 7) is 5.58. The molecule has 0 aliphatic carbocycles. The zero-order chi connectivity index (χ0) is 16.5. The Hall–Kier alpha value is -2.03. The van der Waals surface area contributed by atoms with Gasteiger partial charge in [-0.1, -0.05) is 43.2 Å². The largest absolute Gasteiger partial charge is 0.373 e. The molecule has 124 valence electrons. The van der Waals surface area contributed by atoms with Gasteiger partial charge in [0, 0.05) is 19.6 Å². The molecule has 1 aliphatic heterocycles. The van der Waals surface area contributed by atoms with Gasteiger partial charge in [0.05, 0.1) is 25.3 Å². The van der Waals surface area contributed by atoms with Gasteiger partial charge in [-0.15, -0.1) is 6.42 Å². The second-order valence-electron chi connectivity index (χ2n) is 5.68. The van der Waals surface area contributed by atoms with Crippen molar-refractivity contribution in [1.82, 2.24) is 15.5 Å². The molecule has 0 unspecified atom stereocenters. The second-order valence-corrected chi connectivity index (χ2v) is 5.68. The Morgan fingerprint density at radius 1 is 1.48 bits per heavy atom. The molecule has 0 saturated carbocycles. The maximum atomic E-state index is 11.8. The lowest BCUT2D eigenvalue weighted by Gasteiger charge is -2.37. The van der Waals surface area contributed by atoms with Gasteiger partial charge >= 0.3 is 6.03 Å². The summed E-state index contributed by atoms with van der Waals surface area (Å²) >= 11 is 0. The number of urea groups is 1. The zero-order valence-electron chi connectivity index (χ0n) is 13.6. The summed E-state index contributed by atoms with van der Waals surface area (Å²) in [4.78, 5) is 14.2. The molecule has 2 rings (SSSR count). The fourth-order valence-corrected chi connectivity index (χ4v) is 2.77. The average Bonchev–Trinajstić information content (AvgIpc) is 2.59. The third-order valence-electron chi connectivity index (χ3n) is 3.98. The molecule has 1 heterocycles. The molecule has 2 amide bonds. The van der Waals surface area contributed by atoms with Gasteiger partial charge in [-0.3, -0.25) is 4.90 Å². The van der Waals surface area contributed by atoms with Crippen LogP contribution in [0, 0.1) is 12.3 Å². The van der Waals surface area contributed by atoms with Gasteiger partial charge in [0.2, 0.25) is 0 Å². The molecule has 1 aromatic carbocycles. The van der Waals surface area contributed by atoms with Crippen LogP contribution in [-0.4, -0.2) is 49.3 Å². The van der Waals surface area contributed by atoms with E-state index in [0.29, 0.717) is 6.61 Å². The lowest BCUT2D eigenvalue weighted by Crippen LogP contribution is -2.54. The van der Waals surface area contributed by atoms with Gasteiger partial charge in [-0.2, -0.15) is 0 Å². The van der Waals surface area contributed by atoms with Gasteiger partial charge in [0.25, 0.3) is 0 Å². The van der Waals surface area contributed by atoms with Crippen LogP contribution in [0.25, 0.3) is 0 Å². The Balaban J connectivity index is 1.88. The lowest BCUT2D eigenvalue weighted by molar-refractivity contribution is -0.0476. The molecule has 0 radical (unpaired) electrons. The van der Waals surface area contributed by atoms with Crippen LogP contribution in [0.4, 0.5) is 4.79 Å². The number of carbonyl (C=O) groups excluding carboxylic acids is 1. The van der Waals surface area contributed by atoms with Crippen molar-refractivity contribution in [3.63, 3.8) is 0 Å². The Labute approximate surface area is 138 Å². The number of benzene rings is 1. The first kappa shape index (κ1) is 17.3. The molecule has 1 aromatic rings. The molecule has 5 heteroatoms. The summed E-state index contributed by atoms with van der Waals surface area (Å²) in [6, 6.07) is 10.1. The van der Waals surface area contributed by atoms with Crippen LogP contribution in [0.1, 0.15) is 18.9 Å². The maximum Gasteiger partial charge on any atom is 0.315 e. The first-order chi connectivity index (χ1) is 11.2. The van der Waals surface area contributed by atoms with Gasteiger partial charge in [0.15, 0.2) is 0 Å². The third kappa shape index (κ3) is 5.59. The van der Waals surface area contributed by atoms with E-state index in [1.807, 2.05) is 13.0 Å². The summed E-state index contributed by atoms with van der Waals surface area (Å²) in [5, 5.41) is 5.59. The van der Waals surface area contributed by atoms with Crippen LogP contribution in [-0.2, 0) is 11.3 Å². The Morgan fingerprint density at radius 2 is 2.26 bits per heavy atom. The first-order valence-corrected chi connectivity index (χ1v) is 8.08. The smallest absolute Gasteiger partial charge is 0.315 e. The summed E-state index contributed by atoms with van der Waals surface area (Å²) in [6.07, 6.45) is 5.96. The Morgan fingerprint density at radius 3 is 2.96 bits per heavy atom. The van der Waals surface area contributed by atoms with E-state index in [4.69, 9.17) is 11.2 Å². The Kier molecular flexibility index (Phi) is 6.92. The molecule has 1 aliphatic rings. The van der Waals surface area contributed by atoms with Crippen molar-refractivity contribution in [1.29, 1.82) is 0 Å². The van der Waals surface area contributed by atoms with Crippen LogP contribution in [0.5, 0.6) is 0 Å². The topological polar surface area (TPSA) is 53.6 Å². The van der Waals surface area contributed by atoms with Crippen molar-refractivity contribution in [2.45, 2.75) is 32.0 Å². The van der Waals surface area contributed by atoms with Crippen LogP contribution in [0.2, 0.25) is 0 Å². The number of amides is 2. The van der Waals surface area contributed by atoms with Crippen molar-refractivity contribution in [2.24, 2.45) is 0 Å². The molecule has 2 N–H and O–H groups in total.